The molecule has 4 nitrogen and oxygen atoms in total. The van der Waals surface area contributed by atoms with E-state index in [-0.39, 0.29) is 17.1 Å². The highest BCUT2D eigenvalue weighted by Crippen LogP contribution is 2.87. The third-order valence-corrected chi connectivity index (χ3v) is 15.3. The Morgan fingerprint density at radius 1 is 0.956 bits per heavy atom. The molecule has 0 bridgehead atoms. The molecule has 0 amide bonds. The van der Waals surface area contributed by atoms with E-state index in [1.807, 2.05) is 30.3 Å². The fraction of sp³-hybridized carbons (Fsp3) is 0.659. The molecule has 2 aromatic carbocycles. The number of aliphatic hydroxyl groups is 1. The molecule has 0 aromatic heterocycles. The van der Waals surface area contributed by atoms with Crippen molar-refractivity contribution in [1.82, 2.24) is 4.90 Å². The van der Waals surface area contributed by atoms with Gasteiger partial charge < -0.3 is 14.6 Å². The number of likely N-dealkylation sites (tertiary alicyclic amines) is 1. The van der Waals surface area contributed by atoms with Crippen LogP contribution in [0.5, 0.6) is 11.5 Å². The number of allylic oxidation sites excluding steroid dienone is 1. The van der Waals surface area contributed by atoms with Gasteiger partial charge in [0.1, 0.15) is 11.5 Å². The summed E-state index contributed by atoms with van der Waals surface area (Å²) in [5.41, 5.74) is 4.00. The average molecular weight is 608 g/mol. The lowest BCUT2D eigenvalue weighted by atomic mass is 9.56. The molecule has 9 rings (SSSR count). The van der Waals surface area contributed by atoms with Crippen LogP contribution in [-0.4, -0.2) is 40.4 Å². The van der Waals surface area contributed by atoms with Crippen LogP contribution in [0.25, 0.3) is 0 Å². The standard InChI is InChI=1S/C41H53NO3/c1-26-20-36-37(42(23-26)24-28-10-13-32(14-11-28)44-31-8-6-5-7-9-31)27(2)41(45-36)19-17-34-33-15-12-29-21-30(43)16-18-38(29,3)35(33)22-40(34)25-39(40,41)4/h5-14,26-27,30,33-37,43H,15-25H2,1-4H3/t26-,27+,30-,33-,34-,35-,36+,37-,38-,39?,40?,41?/m0/s1. The predicted molar refractivity (Wildman–Crippen MR) is 178 cm³/mol. The number of aliphatic hydroxyl groups excluding tert-OH is 1. The molecule has 3 unspecified atom stereocenters. The Morgan fingerprint density at radius 3 is 2.53 bits per heavy atom. The fourth-order valence-electron chi connectivity index (χ4n) is 13.2. The lowest BCUT2D eigenvalue weighted by Gasteiger charge is -2.50. The van der Waals surface area contributed by atoms with E-state index < -0.39 is 0 Å². The van der Waals surface area contributed by atoms with Crippen molar-refractivity contribution in [2.45, 2.75) is 116 Å². The number of fused-ring (bicyclic) bond motifs is 6. The van der Waals surface area contributed by atoms with Crippen LogP contribution in [-0.2, 0) is 11.3 Å². The third kappa shape index (κ3) is 4.01. The first-order chi connectivity index (χ1) is 21.7. The molecule has 6 fully saturated rings. The van der Waals surface area contributed by atoms with Crippen molar-refractivity contribution in [2.75, 3.05) is 6.54 Å². The van der Waals surface area contributed by atoms with Gasteiger partial charge in [0, 0.05) is 30.5 Å². The lowest BCUT2D eigenvalue weighted by molar-refractivity contribution is -0.148. The summed E-state index contributed by atoms with van der Waals surface area (Å²) in [5.74, 6) is 5.43. The Labute approximate surface area is 270 Å². The zero-order valence-corrected chi connectivity index (χ0v) is 27.9. The number of hydrogen-bond acceptors (Lipinski definition) is 4. The molecule has 2 aliphatic heterocycles. The minimum Gasteiger partial charge on any atom is -0.457 e. The summed E-state index contributed by atoms with van der Waals surface area (Å²) < 4.78 is 13.7. The first-order valence-electron chi connectivity index (χ1n) is 18.3. The number of rotatable bonds is 4. The molecule has 4 saturated carbocycles. The van der Waals surface area contributed by atoms with E-state index in [4.69, 9.17) is 9.47 Å². The van der Waals surface area contributed by atoms with Gasteiger partial charge in [0.05, 0.1) is 17.8 Å². The van der Waals surface area contributed by atoms with Crippen molar-refractivity contribution in [2.24, 2.45) is 45.8 Å². The zero-order valence-electron chi connectivity index (χ0n) is 27.9. The van der Waals surface area contributed by atoms with E-state index >= 15 is 0 Å². The molecule has 7 aliphatic rings. The topological polar surface area (TPSA) is 41.9 Å². The summed E-state index contributed by atoms with van der Waals surface area (Å²) >= 11 is 0. The molecule has 4 heteroatoms. The molecular formula is C41H53NO3. The second-order valence-corrected chi connectivity index (χ2v) is 17.2. The number of benzene rings is 2. The van der Waals surface area contributed by atoms with Gasteiger partial charge in [-0.15, -0.1) is 0 Å². The molecule has 2 aromatic rings. The van der Waals surface area contributed by atoms with Crippen LogP contribution in [0, 0.1) is 45.8 Å². The van der Waals surface area contributed by atoms with Gasteiger partial charge in [0.15, 0.2) is 0 Å². The van der Waals surface area contributed by atoms with Crippen LogP contribution in [0.15, 0.2) is 66.2 Å². The van der Waals surface area contributed by atoms with Gasteiger partial charge in [0.2, 0.25) is 0 Å². The van der Waals surface area contributed by atoms with Crippen molar-refractivity contribution in [3.63, 3.8) is 0 Å². The molecule has 45 heavy (non-hydrogen) atoms. The molecule has 2 saturated heterocycles. The Kier molecular flexibility index (Phi) is 6.41. The number of ether oxygens (including phenoxy) is 2. The van der Waals surface area contributed by atoms with Crippen LogP contribution >= 0.6 is 0 Å². The molecule has 2 spiro atoms. The highest BCUT2D eigenvalue weighted by atomic mass is 16.5. The highest BCUT2D eigenvalue weighted by Gasteiger charge is 2.84. The zero-order chi connectivity index (χ0) is 30.8. The molecule has 0 radical (unpaired) electrons. The number of hydrogen-bond donors (Lipinski definition) is 1. The van der Waals surface area contributed by atoms with E-state index in [0.717, 1.165) is 55.2 Å². The molecule has 240 valence electrons. The van der Waals surface area contributed by atoms with Crippen LogP contribution in [0.3, 0.4) is 0 Å². The van der Waals surface area contributed by atoms with Crippen molar-refractivity contribution < 1.29 is 14.6 Å². The van der Waals surface area contributed by atoms with Crippen molar-refractivity contribution in [3.8, 4) is 11.5 Å². The smallest absolute Gasteiger partial charge is 0.127 e. The number of para-hydroxylation sites is 1. The third-order valence-electron chi connectivity index (χ3n) is 15.3. The lowest BCUT2D eigenvalue weighted by Crippen LogP contribution is -2.54. The van der Waals surface area contributed by atoms with Crippen LogP contribution in [0.2, 0.25) is 0 Å². The maximum atomic E-state index is 10.5. The van der Waals surface area contributed by atoms with Gasteiger partial charge in [-0.3, -0.25) is 4.90 Å². The molecule has 12 atom stereocenters. The summed E-state index contributed by atoms with van der Waals surface area (Å²) in [4.78, 5) is 2.80. The quantitative estimate of drug-likeness (QED) is 0.353. The Bertz CT molecular complexity index is 1490. The van der Waals surface area contributed by atoms with Crippen LogP contribution < -0.4 is 4.74 Å². The summed E-state index contributed by atoms with van der Waals surface area (Å²) in [5, 5.41) is 10.5. The monoisotopic (exact) mass is 607 g/mol. The van der Waals surface area contributed by atoms with Gasteiger partial charge in [-0.25, -0.2) is 0 Å². The Morgan fingerprint density at radius 2 is 1.73 bits per heavy atom. The Balaban J connectivity index is 0.960. The van der Waals surface area contributed by atoms with E-state index in [2.05, 4.69) is 62.9 Å². The van der Waals surface area contributed by atoms with Crippen molar-refractivity contribution in [1.29, 1.82) is 0 Å². The first-order valence-corrected chi connectivity index (χ1v) is 18.3. The fourth-order valence-corrected chi connectivity index (χ4v) is 13.2. The van der Waals surface area contributed by atoms with Crippen LogP contribution in [0.4, 0.5) is 0 Å². The van der Waals surface area contributed by atoms with Crippen LogP contribution in [0.1, 0.15) is 91.0 Å². The average Bonchev–Trinajstić information content (AvgIpc) is 3.37. The number of nitrogens with zero attached hydrogens (tertiary/aromatic N) is 1. The second kappa shape index (κ2) is 9.94. The van der Waals surface area contributed by atoms with E-state index in [9.17, 15) is 5.11 Å². The first kappa shape index (κ1) is 29.0. The number of piperidine rings is 1. The minimum absolute atomic E-state index is 0.00193. The van der Waals surface area contributed by atoms with E-state index in [0.29, 0.717) is 34.8 Å². The summed E-state index contributed by atoms with van der Waals surface area (Å²) in [6.07, 6.45) is 13.7. The molecule has 1 N–H and O–H groups in total. The van der Waals surface area contributed by atoms with E-state index in [1.165, 1.54) is 50.5 Å². The Hall–Kier alpha value is -2.14. The van der Waals surface area contributed by atoms with Gasteiger partial charge in [-0.1, -0.05) is 69.7 Å². The van der Waals surface area contributed by atoms with Crippen molar-refractivity contribution in [3.05, 3.63) is 71.8 Å². The van der Waals surface area contributed by atoms with Gasteiger partial charge in [-0.2, -0.15) is 0 Å². The molecule has 2 heterocycles. The maximum absolute atomic E-state index is 10.5. The SMILES string of the molecule is C[C@H]1C[C@H]2OC3(CC[C@H]4[C@@H]5CC=C6C[C@@H](O)CC[C@]6(C)[C@H]5CC45CC53C)[C@H](C)[C@@H]2N(Cc2ccc(Oc3ccccc3)cc2)C1. The normalized spacial score (nSPS) is 48.1. The molecule has 5 aliphatic carbocycles. The minimum atomic E-state index is -0.126. The van der Waals surface area contributed by atoms with Gasteiger partial charge in [-0.05, 0) is 122 Å². The maximum Gasteiger partial charge on any atom is 0.127 e. The largest absolute Gasteiger partial charge is 0.457 e. The predicted octanol–water partition coefficient (Wildman–Crippen LogP) is 8.79. The summed E-state index contributed by atoms with van der Waals surface area (Å²) in [6, 6.07) is 19.3. The van der Waals surface area contributed by atoms with Gasteiger partial charge >= 0.3 is 0 Å². The second-order valence-electron chi connectivity index (χ2n) is 17.2. The van der Waals surface area contributed by atoms with E-state index in [1.54, 1.807) is 5.57 Å². The van der Waals surface area contributed by atoms with Gasteiger partial charge in [0.25, 0.3) is 0 Å². The summed E-state index contributed by atoms with van der Waals surface area (Å²) in [6.45, 7) is 12.4. The van der Waals surface area contributed by atoms with Crippen molar-refractivity contribution >= 4 is 0 Å². The highest BCUT2D eigenvalue weighted by molar-refractivity contribution is 5.37. The molecular weight excluding hydrogens is 554 g/mol. The summed E-state index contributed by atoms with van der Waals surface area (Å²) in [7, 11) is 0.